The summed E-state index contributed by atoms with van der Waals surface area (Å²) in [5.74, 6) is 1.44. The lowest BCUT2D eigenvalue weighted by Gasteiger charge is -2.29. The Kier molecular flexibility index (Phi) is 10.1. The van der Waals surface area contributed by atoms with Crippen molar-refractivity contribution in [2.24, 2.45) is 10.9 Å². The van der Waals surface area contributed by atoms with E-state index in [0.717, 1.165) is 36.1 Å². The van der Waals surface area contributed by atoms with Crippen LogP contribution in [0.4, 0.5) is 0 Å². The van der Waals surface area contributed by atoms with E-state index < -0.39 is 0 Å². The highest BCUT2D eigenvalue weighted by Crippen LogP contribution is 2.17. The van der Waals surface area contributed by atoms with Gasteiger partial charge in [-0.05, 0) is 63.4 Å². The van der Waals surface area contributed by atoms with E-state index >= 15 is 0 Å². The van der Waals surface area contributed by atoms with Crippen LogP contribution in [-0.4, -0.2) is 53.9 Å². The molecule has 3 rings (SSSR count). The zero-order valence-corrected chi connectivity index (χ0v) is 21.1. The zero-order valence-electron chi connectivity index (χ0n) is 18.8. The lowest BCUT2D eigenvalue weighted by atomic mass is 10.1. The van der Waals surface area contributed by atoms with Gasteiger partial charge in [-0.25, -0.2) is 4.68 Å². The Morgan fingerprint density at radius 2 is 1.87 bits per heavy atom. The molecule has 30 heavy (non-hydrogen) atoms. The number of guanidine groups is 1. The molecule has 0 bridgehead atoms. The highest BCUT2D eigenvalue weighted by Gasteiger charge is 2.14. The minimum atomic E-state index is 0. The number of nitrogens with one attached hydrogen (secondary N) is 2. The molecule has 1 aromatic carbocycles. The molecule has 1 aromatic heterocycles. The molecular weight excluding hydrogens is 487 g/mol. The third kappa shape index (κ3) is 6.97. The number of benzene rings is 1. The Morgan fingerprint density at radius 1 is 1.13 bits per heavy atom. The van der Waals surface area contributed by atoms with Crippen LogP contribution in [0.2, 0.25) is 0 Å². The molecule has 1 fully saturated rings. The van der Waals surface area contributed by atoms with Crippen molar-refractivity contribution in [3.8, 4) is 5.69 Å². The predicted octanol–water partition coefficient (Wildman–Crippen LogP) is 3.89. The summed E-state index contributed by atoms with van der Waals surface area (Å²) in [7, 11) is 1.83. The first-order chi connectivity index (χ1) is 14.1. The molecule has 7 heteroatoms. The van der Waals surface area contributed by atoms with Gasteiger partial charge >= 0.3 is 0 Å². The summed E-state index contributed by atoms with van der Waals surface area (Å²) in [6.07, 6.45) is 4.08. The summed E-state index contributed by atoms with van der Waals surface area (Å²) in [6, 6.07) is 10.5. The van der Waals surface area contributed by atoms with Crippen molar-refractivity contribution in [1.29, 1.82) is 0 Å². The van der Waals surface area contributed by atoms with Gasteiger partial charge in [-0.3, -0.25) is 4.99 Å². The monoisotopic (exact) mass is 524 g/mol. The van der Waals surface area contributed by atoms with Crippen molar-refractivity contribution in [3.05, 3.63) is 47.3 Å². The minimum absolute atomic E-state index is 0. The molecule has 1 saturated heterocycles. The van der Waals surface area contributed by atoms with Crippen molar-refractivity contribution in [2.75, 3.05) is 33.2 Å². The van der Waals surface area contributed by atoms with Crippen LogP contribution in [0.1, 0.15) is 43.1 Å². The molecular formula is C23H37IN6. The molecule has 1 atom stereocenters. The summed E-state index contributed by atoms with van der Waals surface area (Å²) >= 11 is 0. The van der Waals surface area contributed by atoms with Crippen molar-refractivity contribution >= 4 is 29.9 Å². The molecule has 1 aliphatic heterocycles. The van der Waals surface area contributed by atoms with Gasteiger partial charge in [0.1, 0.15) is 0 Å². The summed E-state index contributed by atoms with van der Waals surface area (Å²) in [6.45, 7) is 11.7. The number of hydrogen-bond donors (Lipinski definition) is 2. The number of aryl methyl sites for hydroxylation is 2. The molecule has 1 unspecified atom stereocenters. The normalized spacial score (nSPS) is 16.1. The molecule has 2 heterocycles. The maximum absolute atomic E-state index is 4.64. The van der Waals surface area contributed by atoms with E-state index in [4.69, 9.17) is 0 Å². The third-order valence-electron chi connectivity index (χ3n) is 5.54. The van der Waals surface area contributed by atoms with Crippen LogP contribution in [0.25, 0.3) is 5.69 Å². The SMILES string of the molecule is CN=C(NCc1ccccc1-n1nc(C)cc1C)NCC(C)CN1CCCCC1.I. The van der Waals surface area contributed by atoms with E-state index in [1.165, 1.54) is 37.9 Å². The van der Waals surface area contributed by atoms with Crippen LogP contribution in [0, 0.1) is 19.8 Å². The molecule has 0 amide bonds. The molecule has 6 nitrogen and oxygen atoms in total. The second-order valence-corrected chi connectivity index (χ2v) is 8.24. The smallest absolute Gasteiger partial charge is 0.191 e. The van der Waals surface area contributed by atoms with Gasteiger partial charge in [0.15, 0.2) is 5.96 Å². The lowest BCUT2D eigenvalue weighted by Crippen LogP contribution is -2.42. The number of hydrogen-bond acceptors (Lipinski definition) is 3. The first kappa shape index (κ1) is 24.7. The average Bonchev–Trinajstić information content (AvgIpc) is 3.07. The molecule has 0 radical (unpaired) electrons. The first-order valence-electron chi connectivity index (χ1n) is 10.8. The predicted molar refractivity (Wildman–Crippen MR) is 136 cm³/mol. The number of para-hydroxylation sites is 1. The van der Waals surface area contributed by atoms with Crippen molar-refractivity contribution in [1.82, 2.24) is 25.3 Å². The molecule has 0 aliphatic carbocycles. The van der Waals surface area contributed by atoms with E-state index in [1.807, 2.05) is 18.7 Å². The summed E-state index contributed by atoms with van der Waals surface area (Å²) in [4.78, 5) is 7.00. The minimum Gasteiger partial charge on any atom is -0.356 e. The van der Waals surface area contributed by atoms with Crippen molar-refractivity contribution in [2.45, 2.75) is 46.6 Å². The summed E-state index contributed by atoms with van der Waals surface area (Å²) in [5.41, 5.74) is 4.48. The number of nitrogens with zero attached hydrogens (tertiary/aromatic N) is 4. The second-order valence-electron chi connectivity index (χ2n) is 8.24. The van der Waals surface area contributed by atoms with Crippen LogP contribution in [0.15, 0.2) is 35.3 Å². The number of halogens is 1. The number of aromatic nitrogens is 2. The highest BCUT2D eigenvalue weighted by molar-refractivity contribution is 14.0. The fraction of sp³-hybridized carbons (Fsp3) is 0.565. The Hall–Kier alpha value is -1.61. The van der Waals surface area contributed by atoms with Crippen molar-refractivity contribution in [3.63, 3.8) is 0 Å². The molecule has 0 spiro atoms. The Balaban J connectivity index is 0.00000320. The van der Waals surface area contributed by atoms with Gasteiger partial charge in [0.25, 0.3) is 0 Å². The van der Waals surface area contributed by atoms with Gasteiger partial charge in [-0.1, -0.05) is 31.5 Å². The third-order valence-corrected chi connectivity index (χ3v) is 5.54. The fourth-order valence-electron chi connectivity index (χ4n) is 4.06. The number of likely N-dealkylation sites (tertiary alicyclic amines) is 1. The van der Waals surface area contributed by atoms with Gasteiger partial charge in [-0.2, -0.15) is 5.10 Å². The van der Waals surface area contributed by atoms with Crippen LogP contribution in [0.5, 0.6) is 0 Å². The maximum atomic E-state index is 4.64. The van der Waals surface area contributed by atoms with E-state index in [0.29, 0.717) is 12.5 Å². The Morgan fingerprint density at radius 3 is 2.53 bits per heavy atom. The molecule has 166 valence electrons. The average molecular weight is 524 g/mol. The molecule has 0 saturated carbocycles. The van der Waals surface area contributed by atoms with E-state index in [2.05, 4.69) is 69.8 Å². The Labute approximate surface area is 198 Å². The number of aliphatic imine (C=N–C) groups is 1. The molecule has 2 aromatic rings. The van der Waals surface area contributed by atoms with Crippen LogP contribution < -0.4 is 10.6 Å². The standard InChI is InChI=1S/C23H36N6.HI/c1-18(17-28-12-8-5-9-13-28)15-25-23(24-4)26-16-21-10-6-7-11-22(21)29-20(3)14-19(2)27-29;/h6-7,10-11,14,18H,5,8-9,12-13,15-17H2,1-4H3,(H2,24,25,26);1H. The second kappa shape index (κ2) is 12.3. The topological polar surface area (TPSA) is 57.5 Å². The van der Waals surface area contributed by atoms with E-state index in [1.54, 1.807) is 0 Å². The fourth-order valence-corrected chi connectivity index (χ4v) is 4.06. The van der Waals surface area contributed by atoms with Crippen LogP contribution in [-0.2, 0) is 6.54 Å². The van der Waals surface area contributed by atoms with Gasteiger partial charge < -0.3 is 15.5 Å². The number of piperidine rings is 1. The summed E-state index contributed by atoms with van der Waals surface area (Å²) in [5, 5.41) is 11.6. The maximum Gasteiger partial charge on any atom is 0.191 e. The molecule has 1 aliphatic rings. The van der Waals surface area contributed by atoms with Gasteiger partial charge in [0.05, 0.1) is 11.4 Å². The van der Waals surface area contributed by atoms with E-state index in [9.17, 15) is 0 Å². The first-order valence-corrected chi connectivity index (χ1v) is 10.8. The Bertz CT molecular complexity index is 810. The lowest BCUT2D eigenvalue weighted by molar-refractivity contribution is 0.201. The van der Waals surface area contributed by atoms with Crippen molar-refractivity contribution < 1.29 is 0 Å². The van der Waals surface area contributed by atoms with Crippen LogP contribution in [0.3, 0.4) is 0 Å². The number of rotatable bonds is 7. The quantitative estimate of drug-likeness (QED) is 0.328. The molecule has 2 N–H and O–H groups in total. The van der Waals surface area contributed by atoms with E-state index in [-0.39, 0.29) is 24.0 Å². The zero-order chi connectivity index (χ0) is 20.6. The van der Waals surface area contributed by atoms with Gasteiger partial charge in [0.2, 0.25) is 0 Å². The van der Waals surface area contributed by atoms with Gasteiger partial charge in [-0.15, -0.1) is 24.0 Å². The highest BCUT2D eigenvalue weighted by atomic mass is 127. The summed E-state index contributed by atoms with van der Waals surface area (Å²) < 4.78 is 2.02. The van der Waals surface area contributed by atoms with Gasteiger partial charge in [0, 0.05) is 32.4 Å². The largest absolute Gasteiger partial charge is 0.356 e. The van der Waals surface area contributed by atoms with Crippen LogP contribution >= 0.6 is 24.0 Å².